The number of hydrogen-bond donors (Lipinski definition) is 1. The third-order valence-corrected chi connectivity index (χ3v) is 3.03. The van der Waals surface area contributed by atoms with Gasteiger partial charge < -0.3 is 14.7 Å². The summed E-state index contributed by atoms with van der Waals surface area (Å²) in [5.74, 6) is 0.816. The molecule has 0 heterocycles. The molecule has 1 N–H and O–H groups in total. The zero-order valence-electron chi connectivity index (χ0n) is 11.8. The molecule has 0 aliphatic carbocycles. The van der Waals surface area contributed by atoms with Crippen molar-refractivity contribution in [1.82, 2.24) is 0 Å². The molecular weight excluding hydrogens is 273 g/mol. The van der Waals surface area contributed by atoms with Gasteiger partial charge in [0, 0.05) is 5.56 Å². The molecule has 0 bridgehead atoms. The van der Waals surface area contributed by atoms with Crippen LogP contribution in [-0.2, 0) is 6.61 Å². The molecule has 0 aliphatic rings. The Kier molecular flexibility index (Phi) is 4.77. The molecule has 2 rings (SSSR count). The SMILES string of the molecule is COc1ccc(COc2ccc(F)cc2/C(C)=N/O)cc1. The van der Waals surface area contributed by atoms with Crippen LogP contribution in [0.3, 0.4) is 0 Å². The van der Waals surface area contributed by atoms with Crippen LogP contribution >= 0.6 is 0 Å². The number of rotatable bonds is 5. The van der Waals surface area contributed by atoms with Gasteiger partial charge in [0.05, 0.1) is 12.8 Å². The van der Waals surface area contributed by atoms with Crippen LogP contribution < -0.4 is 9.47 Å². The molecule has 5 heteroatoms. The van der Waals surface area contributed by atoms with E-state index in [1.165, 1.54) is 18.2 Å². The maximum Gasteiger partial charge on any atom is 0.129 e. The quantitative estimate of drug-likeness (QED) is 0.519. The molecule has 0 amide bonds. The van der Waals surface area contributed by atoms with Gasteiger partial charge in [0.15, 0.2) is 0 Å². The van der Waals surface area contributed by atoms with E-state index in [4.69, 9.17) is 14.7 Å². The standard InChI is InChI=1S/C16H16FNO3/c1-11(18-19)15-9-13(17)5-8-16(15)21-10-12-3-6-14(20-2)7-4-12/h3-9,19H,10H2,1-2H3/b18-11+. The highest BCUT2D eigenvalue weighted by molar-refractivity contribution is 6.00. The first kappa shape index (κ1) is 14.8. The molecule has 0 aliphatic heterocycles. The number of oxime groups is 1. The molecule has 110 valence electrons. The summed E-state index contributed by atoms with van der Waals surface area (Å²) in [5.41, 5.74) is 1.66. The first-order chi connectivity index (χ1) is 10.1. The van der Waals surface area contributed by atoms with Gasteiger partial charge in [-0.05, 0) is 42.8 Å². The van der Waals surface area contributed by atoms with Crippen molar-refractivity contribution in [3.8, 4) is 11.5 Å². The van der Waals surface area contributed by atoms with Crippen LogP contribution in [0.5, 0.6) is 11.5 Å². The second-order valence-corrected chi connectivity index (χ2v) is 4.46. The molecule has 2 aromatic rings. The summed E-state index contributed by atoms with van der Waals surface area (Å²) in [4.78, 5) is 0. The van der Waals surface area contributed by atoms with Crippen LogP contribution in [0.15, 0.2) is 47.6 Å². The van der Waals surface area contributed by atoms with Crippen molar-refractivity contribution < 1.29 is 19.1 Å². The molecule has 0 spiro atoms. The fraction of sp³-hybridized carbons (Fsp3) is 0.188. The lowest BCUT2D eigenvalue weighted by Gasteiger charge is -2.11. The number of halogens is 1. The number of benzene rings is 2. The Bertz CT molecular complexity index is 638. The van der Waals surface area contributed by atoms with Crippen molar-refractivity contribution in [1.29, 1.82) is 0 Å². The van der Waals surface area contributed by atoms with E-state index in [2.05, 4.69) is 5.16 Å². The summed E-state index contributed by atoms with van der Waals surface area (Å²) >= 11 is 0. The van der Waals surface area contributed by atoms with Gasteiger partial charge in [-0.25, -0.2) is 4.39 Å². The van der Waals surface area contributed by atoms with Crippen molar-refractivity contribution in [2.75, 3.05) is 7.11 Å². The molecule has 0 radical (unpaired) electrons. The summed E-state index contributed by atoms with van der Waals surface area (Å²) in [7, 11) is 1.60. The minimum atomic E-state index is -0.412. The fourth-order valence-electron chi connectivity index (χ4n) is 1.85. The Morgan fingerprint density at radius 2 is 1.90 bits per heavy atom. The summed E-state index contributed by atoms with van der Waals surface area (Å²) in [6, 6.07) is 11.5. The summed E-state index contributed by atoms with van der Waals surface area (Å²) in [6.45, 7) is 1.90. The molecule has 0 fully saturated rings. The number of hydrogen-bond acceptors (Lipinski definition) is 4. The van der Waals surface area contributed by atoms with Crippen LogP contribution in [-0.4, -0.2) is 18.0 Å². The second-order valence-electron chi connectivity index (χ2n) is 4.46. The number of methoxy groups -OCH3 is 1. The third kappa shape index (κ3) is 3.72. The Hall–Kier alpha value is -2.56. The Morgan fingerprint density at radius 3 is 2.52 bits per heavy atom. The lowest BCUT2D eigenvalue weighted by molar-refractivity contribution is 0.302. The van der Waals surface area contributed by atoms with E-state index in [1.54, 1.807) is 14.0 Å². The largest absolute Gasteiger partial charge is 0.497 e. The molecular formula is C16H16FNO3. The highest BCUT2D eigenvalue weighted by Gasteiger charge is 2.09. The summed E-state index contributed by atoms with van der Waals surface area (Å²) in [5, 5.41) is 11.9. The highest BCUT2D eigenvalue weighted by atomic mass is 19.1. The predicted molar refractivity (Wildman–Crippen MR) is 77.7 cm³/mol. The topological polar surface area (TPSA) is 51.0 Å². The van der Waals surface area contributed by atoms with E-state index >= 15 is 0 Å². The third-order valence-electron chi connectivity index (χ3n) is 3.03. The van der Waals surface area contributed by atoms with E-state index in [0.29, 0.717) is 23.6 Å². The molecule has 0 saturated heterocycles. The Labute approximate surface area is 122 Å². The second kappa shape index (κ2) is 6.74. The van der Waals surface area contributed by atoms with Crippen LogP contribution in [0.2, 0.25) is 0 Å². The normalized spacial score (nSPS) is 11.3. The predicted octanol–water partition coefficient (Wildman–Crippen LogP) is 3.61. The monoisotopic (exact) mass is 289 g/mol. The van der Waals surface area contributed by atoms with Crippen molar-refractivity contribution in [2.45, 2.75) is 13.5 Å². The van der Waals surface area contributed by atoms with Crippen LogP contribution in [0.25, 0.3) is 0 Å². The van der Waals surface area contributed by atoms with E-state index in [9.17, 15) is 4.39 Å². The summed E-state index contributed by atoms with van der Waals surface area (Å²) in [6.07, 6.45) is 0. The maximum absolute atomic E-state index is 13.3. The molecule has 4 nitrogen and oxygen atoms in total. The Balaban J connectivity index is 2.15. The summed E-state index contributed by atoms with van der Waals surface area (Å²) < 4.78 is 24.0. The maximum atomic E-state index is 13.3. The average Bonchev–Trinajstić information content (AvgIpc) is 2.53. The lowest BCUT2D eigenvalue weighted by atomic mass is 10.1. The van der Waals surface area contributed by atoms with Gasteiger partial charge in [-0.2, -0.15) is 0 Å². The zero-order chi connectivity index (χ0) is 15.2. The van der Waals surface area contributed by atoms with Crippen molar-refractivity contribution in [3.63, 3.8) is 0 Å². The van der Waals surface area contributed by atoms with Crippen molar-refractivity contribution in [2.24, 2.45) is 5.16 Å². The molecule has 0 unspecified atom stereocenters. The molecule has 0 atom stereocenters. The first-order valence-electron chi connectivity index (χ1n) is 6.38. The van der Waals surface area contributed by atoms with E-state index < -0.39 is 5.82 Å². The smallest absolute Gasteiger partial charge is 0.129 e. The van der Waals surface area contributed by atoms with E-state index in [-0.39, 0.29) is 0 Å². The van der Waals surface area contributed by atoms with E-state index in [1.807, 2.05) is 24.3 Å². The van der Waals surface area contributed by atoms with E-state index in [0.717, 1.165) is 11.3 Å². The zero-order valence-corrected chi connectivity index (χ0v) is 11.8. The van der Waals surface area contributed by atoms with Gasteiger partial charge in [-0.1, -0.05) is 17.3 Å². The number of nitrogens with zero attached hydrogens (tertiary/aromatic N) is 1. The highest BCUT2D eigenvalue weighted by Crippen LogP contribution is 2.22. The van der Waals surface area contributed by atoms with Gasteiger partial charge in [0.25, 0.3) is 0 Å². The lowest BCUT2D eigenvalue weighted by Crippen LogP contribution is -2.03. The number of ether oxygens (including phenoxy) is 2. The minimum absolute atomic E-state index is 0.291. The van der Waals surface area contributed by atoms with Crippen LogP contribution in [0.1, 0.15) is 18.1 Å². The van der Waals surface area contributed by atoms with Gasteiger partial charge in [-0.15, -0.1) is 0 Å². The van der Waals surface area contributed by atoms with Crippen molar-refractivity contribution >= 4 is 5.71 Å². The van der Waals surface area contributed by atoms with Gasteiger partial charge in [-0.3, -0.25) is 0 Å². The van der Waals surface area contributed by atoms with Gasteiger partial charge in [0.1, 0.15) is 23.9 Å². The van der Waals surface area contributed by atoms with Crippen LogP contribution in [0, 0.1) is 5.82 Å². The molecule has 21 heavy (non-hydrogen) atoms. The molecule has 0 aromatic heterocycles. The molecule has 0 saturated carbocycles. The minimum Gasteiger partial charge on any atom is -0.497 e. The van der Waals surface area contributed by atoms with Crippen molar-refractivity contribution in [3.05, 3.63) is 59.4 Å². The first-order valence-corrected chi connectivity index (χ1v) is 6.38. The van der Waals surface area contributed by atoms with Gasteiger partial charge in [0.2, 0.25) is 0 Å². The molecule has 2 aromatic carbocycles. The van der Waals surface area contributed by atoms with Crippen LogP contribution in [0.4, 0.5) is 4.39 Å². The van der Waals surface area contributed by atoms with Gasteiger partial charge >= 0.3 is 0 Å². The fourth-order valence-corrected chi connectivity index (χ4v) is 1.85. The average molecular weight is 289 g/mol. The Morgan fingerprint density at radius 1 is 1.19 bits per heavy atom.